The average Bonchev–Trinajstić information content (AvgIpc) is 3.47. The maximum absolute atomic E-state index is 2.48. The summed E-state index contributed by atoms with van der Waals surface area (Å²) in [6.45, 7) is 4.79. The Labute approximate surface area is 322 Å². The van der Waals surface area contributed by atoms with Crippen LogP contribution in [-0.2, 0) is 5.41 Å². The SMILES string of the molecule is CC1(C)c2cc(-c3ccc4ccccc4c3)ccc2-c2ccc(-c3c4ccccc4c(-c4ccc(-c5cccc6ccccc56)cc4)c4ccccc34)cc21. The molecule has 0 fully saturated rings. The molecule has 0 heterocycles. The quantitative estimate of drug-likeness (QED) is 0.161. The normalized spacial score (nSPS) is 13.1. The standard InChI is InChI=1S/C55H38/c1-55(2)51-33-41(40-27-22-35-12-3-4-14-39(35)32-40)28-30-45(51)46-31-29-42(34-52(46)55)54-49-19-9-7-17-47(49)53(48-18-8-10-20-50(48)54)38-25-23-37(24-26-38)44-21-11-15-36-13-5-6-16-43(36)44/h3-34H,1-2H3. The Morgan fingerprint density at radius 2 is 0.709 bits per heavy atom. The summed E-state index contributed by atoms with van der Waals surface area (Å²) in [4.78, 5) is 0. The van der Waals surface area contributed by atoms with Gasteiger partial charge in [0, 0.05) is 5.41 Å². The summed E-state index contributed by atoms with van der Waals surface area (Å²) in [6, 6.07) is 72.2. The summed E-state index contributed by atoms with van der Waals surface area (Å²) in [5, 5.41) is 10.2. The predicted octanol–water partition coefficient (Wildman–Crippen LogP) is 15.3. The van der Waals surface area contributed by atoms with Crippen LogP contribution in [0, 0.1) is 0 Å². The second kappa shape index (κ2) is 12.1. The highest BCUT2D eigenvalue weighted by Crippen LogP contribution is 2.52. The van der Waals surface area contributed by atoms with Crippen molar-refractivity contribution in [2.75, 3.05) is 0 Å². The lowest BCUT2D eigenvalue weighted by molar-refractivity contribution is 0.661. The van der Waals surface area contributed by atoms with Gasteiger partial charge in [-0.1, -0.05) is 190 Å². The molecule has 55 heavy (non-hydrogen) atoms. The highest BCUT2D eigenvalue weighted by molar-refractivity contribution is 6.21. The van der Waals surface area contributed by atoms with Gasteiger partial charge in [0.15, 0.2) is 0 Å². The van der Waals surface area contributed by atoms with Gasteiger partial charge in [0.2, 0.25) is 0 Å². The van der Waals surface area contributed by atoms with Gasteiger partial charge in [0.05, 0.1) is 0 Å². The first-order chi connectivity index (χ1) is 27.0. The number of hydrogen-bond donors (Lipinski definition) is 0. The van der Waals surface area contributed by atoms with E-state index in [1.807, 2.05) is 0 Å². The molecule has 0 bridgehead atoms. The molecule has 10 aromatic carbocycles. The van der Waals surface area contributed by atoms with Gasteiger partial charge in [-0.25, -0.2) is 0 Å². The Morgan fingerprint density at radius 1 is 0.273 bits per heavy atom. The molecule has 0 aliphatic heterocycles. The van der Waals surface area contributed by atoms with Gasteiger partial charge in [-0.05, 0) is 128 Å². The highest BCUT2D eigenvalue weighted by Gasteiger charge is 2.36. The summed E-state index contributed by atoms with van der Waals surface area (Å²) in [5.74, 6) is 0. The van der Waals surface area contributed by atoms with E-state index in [0.717, 1.165) is 0 Å². The fourth-order valence-corrected chi connectivity index (χ4v) is 9.49. The van der Waals surface area contributed by atoms with Crippen LogP contribution in [0.15, 0.2) is 194 Å². The Hall–Kier alpha value is -6.76. The number of benzene rings is 10. The second-order valence-electron chi connectivity index (χ2n) is 15.7. The molecule has 0 aromatic heterocycles. The summed E-state index contributed by atoms with van der Waals surface area (Å²) in [5.41, 5.74) is 15.4. The summed E-state index contributed by atoms with van der Waals surface area (Å²) < 4.78 is 0. The van der Waals surface area contributed by atoms with Crippen molar-refractivity contribution in [1.29, 1.82) is 0 Å². The third kappa shape index (κ3) is 4.92. The van der Waals surface area contributed by atoms with Gasteiger partial charge < -0.3 is 0 Å². The Morgan fingerprint density at radius 3 is 1.36 bits per heavy atom. The second-order valence-corrected chi connectivity index (χ2v) is 15.7. The summed E-state index contributed by atoms with van der Waals surface area (Å²) >= 11 is 0. The predicted molar refractivity (Wildman–Crippen MR) is 236 cm³/mol. The van der Waals surface area contributed by atoms with Gasteiger partial charge >= 0.3 is 0 Å². The van der Waals surface area contributed by atoms with E-state index in [9.17, 15) is 0 Å². The van der Waals surface area contributed by atoms with Crippen molar-refractivity contribution < 1.29 is 0 Å². The van der Waals surface area contributed by atoms with E-state index in [-0.39, 0.29) is 5.41 Å². The maximum Gasteiger partial charge on any atom is 0.0159 e. The van der Waals surface area contributed by atoms with Gasteiger partial charge in [0.25, 0.3) is 0 Å². The summed E-state index contributed by atoms with van der Waals surface area (Å²) in [6.07, 6.45) is 0. The van der Waals surface area contributed by atoms with Gasteiger partial charge in [-0.2, -0.15) is 0 Å². The molecule has 0 spiro atoms. The zero-order valence-electron chi connectivity index (χ0n) is 31.0. The molecule has 0 heteroatoms. The molecule has 0 atom stereocenters. The van der Waals surface area contributed by atoms with Crippen LogP contribution in [0.4, 0.5) is 0 Å². The molecule has 1 aliphatic rings. The first kappa shape index (κ1) is 31.7. The fraction of sp³-hybridized carbons (Fsp3) is 0.0545. The van der Waals surface area contributed by atoms with Crippen molar-refractivity contribution in [2.45, 2.75) is 19.3 Å². The first-order valence-electron chi connectivity index (χ1n) is 19.3. The molecule has 0 radical (unpaired) electrons. The van der Waals surface area contributed by atoms with E-state index in [0.29, 0.717) is 0 Å². The van der Waals surface area contributed by atoms with Crippen LogP contribution in [0.1, 0.15) is 25.0 Å². The molecule has 11 rings (SSSR count). The third-order valence-corrected chi connectivity index (χ3v) is 12.3. The van der Waals surface area contributed by atoms with E-state index in [4.69, 9.17) is 0 Å². The lowest BCUT2D eigenvalue weighted by Gasteiger charge is -2.23. The van der Waals surface area contributed by atoms with E-state index in [1.54, 1.807) is 0 Å². The fourth-order valence-electron chi connectivity index (χ4n) is 9.49. The zero-order chi connectivity index (χ0) is 36.7. The smallest absolute Gasteiger partial charge is 0.0159 e. The van der Waals surface area contributed by atoms with E-state index >= 15 is 0 Å². The van der Waals surface area contributed by atoms with Crippen LogP contribution in [0.2, 0.25) is 0 Å². The molecule has 10 aromatic rings. The Kier molecular flexibility index (Phi) is 7.00. The minimum atomic E-state index is -0.148. The molecule has 0 amide bonds. The highest BCUT2D eigenvalue weighted by atomic mass is 14.4. The van der Waals surface area contributed by atoms with E-state index in [1.165, 1.54) is 110 Å². The number of fused-ring (bicyclic) bond motifs is 7. The zero-order valence-corrected chi connectivity index (χ0v) is 31.0. The van der Waals surface area contributed by atoms with Crippen molar-refractivity contribution in [3.05, 3.63) is 205 Å². The van der Waals surface area contributed by atoms with E-state index in [2.05, 4.69) is 208 Å². The first-order valence-corrected chi connectivity index (χ1v) is 19.3. The largest absolute Gasteiger partial charge is 0.0616 e. The van der Waals surface area contributed by atoms with Crippen molar-refractivity contribution >= 4 is 43.1 Å². The van der Waals surface area contributed by atoms with Gasteiger partial charge in [0.1, 0.15) is 0 Å². The molecule has 0 nitrogen and oxygen atoms in total. The van der Waals surface area contributed by atoms with Crippen LogP contribution in [0.5, 0.6) is 0 Å². The van der Waals surface area contributed by atoms with Crippen molar-refractivity contribution in [3.63, 3.8) is 0 Å². The Bertz CT molecular complexity index is 3100. The maximum atomic E-state index is 2.48. The van der Waals surface area contributed by atoms with Crippen LogP contribution < -0.4 is 0 Å². The third-order valence-electron chi connectivity index (χ3n) is 12.3. The minimum Gasteiger partial charge on any atom is -0.0616 e. The van der Waals surface area contributed by atoms with Crippen molar-refractivity contribution in [2.24, 2.45) is 0 Å². The van der Waals surface area contributed by atoms with Crippen LogP contribution in [0.3, 0.4) is 0 Å². The molecule has 1 aliphatic carbocycles. The van der Waals surface area contributed by atoms with Crippen molar-refractivity contribution in [1.82, 2.24) is 0 Å². The molecule has 0 unspecified atom stereocenters. The van der Waals surface area contributed by atoms with Crippen molar-refractivity contribution in [3.8, 4) is 55.6 Å². The topological polar surface area (TPSA) is 0 Å². The Balaban J connectivity index is 1.04. The lowest BCUT2D eigenvalue weighted by atomic mass is 9.80. The molecule has 0 saturated carbocycles. The molecule has 0 saturated heterocycles. The summed E-state index contributed by atoms with van der Waals surface area (Å²) in [7, 11) is 0. The molecular weight excluding hydrogens is 661 g/mol. The van der Waals surface area contributed by atoms with Crippen LogP contribution in [0.25, 0.3) is 98.7 Å². The average molecular weight is 699 g/mol. The van der Waals surface area contributed by atoms with Crippen LogP contribution in [-0.4, -0.2) is 0 Å². The molecule has 258 valence electrons. The molecule has 0 N–H and O–H groups in total. The van der Waals surface area contributed by atoms with Gasteiger partial charge in [-0.15, -0.1) is 0 Å². The lowest BCUT2D eigenvalue weighted by Crippen LogP contribution is -2.15. The minimum absolute atomic E-state index is 0.148. The molecular formula is C55H38. The number of rotatable bonds is 4. The number of hydrogen-bond acceptors (Lipinski definition) is 0. The van der Waals surface area contributed by atoms with Crippen LogP contribution >= 0.6 is 0 Å². The van der Waals surface area contributed by atoms with E-state index < -0.39 is 0 Å². The monoisotopic (exact) mass is 698 g/mol. The van der Waals surface area contributed by atoms with Gasteiger partial charge in [-0.3, -0.25) is 0 Å².